The molecular weight excluding hydrogens is 302 g/mol. The Bertz CT molecular complexity index is 538. The maximum absolute atomic E-state index is 2.67. The van der Waals surface area contributed by atoms with Gasteiger partial charge in [-0.1, -0.05) is 65.7 Å². The molecule has 3 aliphatic carbocycles. The number of hydrogen-bond acceptors (Lipinski definition) is 1. The molecule has 0 aromatic rings. The number of hydrogen-bond donors (Lipinski definition) is 0. The van der Waals surface area contributed by atoms with Crippen molar-refractivity contribution in [2.24, 2.45) is 28.6 Å². The molecule has 0 N–H and O–H groups in total. The van der Waals surface area contributed by atoms with E-state index in [2.05, 4.69) is 58.6 Å². The molecule has 4 atom stereocenters. The summed E-state index contributed by atoms with van der Waals surface area (Å²) >= 11 is 0. The molecule has 0 radical (unpaired) electrons. The number of rotatable bonds is 5. The van der Waals surface area contributed by atoms with Crippen molar-refractivity contribution in [3.05, 3.63) is 23.3 Å². The summed E-state index contributed by atoms with van der Waals surface area (Å²) in [6.45, 7) is 18.3. The lowest BCUT2D eigenvalue weighted by molar-refractivity contribution is -0.0628. The molecule has 0 aromatic heterocycles. The van der Waals surface area contributed by atoms with Gasteiger partial charge in [-0.3, -0.25) is 0 Å². The lowest BCUT2D eigenvalue weighted by atomic mass is 9.47. The van der Waals surface area contributed by atoms with Crippen LogP contribution in [0, 0.1) is 28.6 Å². The summed E-state index contributed by atoms with van der Waals surface area (Å²) in [6.07, 6.45) is 13.6. The predicted molar refractivity (Wildman–Crippen MR) is 110 cm³/mol. The van der Waals surface area contributed by atoms with Gasteiger partial charge in [0.1, 0.15) is 0 Å². The fourth-order valence-electron chi connectivity index (χ4n) is 6.62. The molecule has 1 heteroatoms. The first-order valence-electron chi connectivity index (χ1n) is 11.0. The van der Waals surface area contributed by atoms with E-state index in [-0.39, 0.29) is 0 Å². The Labute approximate surface area is 156 Å². The summed E-state index contributed by atoms with van der Waals surface area (Å²) in [6, 6.07) is 0. The first-order chi connectivity index (χ1) is 11.8. The van der Waals surface area contributed by atoms with Crippen LogP contribution in [-0.4, -0.2) is 24.5 Å². The molecule has 3 aliphatic rings. The zero-order valence-corrected chi connectivity index (χ0v) is 17.7. The summed E-state index contributed by atoms with van der Waals surface area (Å²) in [5, 5.41) is 0. The van der Waals surface area contributed by atoms with Gasteiger partial charge in [0, 0.05) is 6.54 Å². The van der Waals surface area contributed by atoms with Crippen molar-refractivity contribution in [3.63, 3.8) is 0 Å². The Balaban J connectivity index is 1.90. The fraction of sp³-hybridized carbons (Fsp3) is 0.833. The normalized spacial score (nSPS) is 38.2. The highest BCUT2D eigenvalue weighted by Crippen LogP contribution is 2.62. The van der Waals surface area contributed by atoms with E-state index in [0.29, 0.717) is 16.7 Å². The second-order valence-electron chi connectivity index (χ2n) is 9.93. The van der Waals surface area contributed by atoms with Crippen molar-refractivity contribution in [1.82, 2.24) is 4.90 Å². The zero-order chi connectivity index (χ0) is 18.2. The van der Waals surface area contributed by atoms with E-state index in [9.17, 15) is 0 Å². The van der Waals surface area contributed by atoms with Crippen LogP contribution in [0.25, 0.3) is 0 Å². The molecule has 0 bridgehead atoms. The molecular formula is C24H41N. The highest BCUT2D eigenvalue weighted by Gasteiger charge is 2.54. The van der Waals surface area contributed by atoms with Crippen LogP contribution in [0.5, 0.6) is 0 Å². The fourth-order valence-corrected chi connectivity index (χ4v) is 6.62. The third-order valence-electron chi connectivity index (χ3n) is 8.18. The highest BCUT2D eigenvalue weighted by atomic mass is 15.1. The van der Waals surface area contributed by atoms with Gasteiger partial charge < -0.3 is 4.90 Å². The molecule has 0 spiro atoms. The summed E-state index contributed by atoms with van der Waals surface area (Å²) < 4.78 is 0. The summed E-state index contributed by atoms with van der Waals surface area (Å²) in [7, 11) is 0. The van der Waals surface area contributed by atoms with Gasteiger partial charge in [-0.2, -0.15) is 0 Å². The molecule has 0 aliphatic heterocycles. The van der Waals surface area contributed by atoms with Gasteiger partial charge in [0.05, 0.1) is 0 Å². The Morgan fingerprint density at radius 2 is 1.88 bits per heavy atom. The zero-order valence-electron chi connectivity index (χ0n) is 17.7. The summed E-state index contributed by atoms with van der Waals surface area (Å²) in [4.78, 5) is 2.67. The second-order valence-corrected chi connectivity index (χ2v) is 9.93. The Morgan fingerprint density at radius 1 is 1.16 bits per heavy atom. The lowest BCUT2D eigenvalue weighted by Gasteiger charge is -2.59. The number of allylic oxidation sites excluding steroid dienone is 4. The highest BCUT2D eigenvalue weighted by molar-refractivity contribution is 5.35. The van der Waals surface area contributed by atoms with E-state index in [0.717, 1.165) is 11.8 Å². The van der Waals surface area contributed by atoms with Gasteiger partial charge in [-0.05, 0) is 79.4 Å². The van der Waals surface area contributed by atoms with Crippen LogP contribution in [0.1, 0.15) is 80.1 Å². The van der Waals surface area contributed by atoms with Crippen LogP contribution in [0.3, 0.4) is 0 Å². The molecule has 1 nitrogen and oxygen atoms in total. The van der Waals surface area contributed by atoms with Gasteiger partial charge in [0.15, 0.2) is 0 Å². The van der Waals surface area contributed by atoms with E-state index in [1.807, 2.05) is 0 Å². The molecule has 0 aromatic carbocycles. The van der Waals surface area contributed by atoms with E-state index >= 15 is 0 Å². The smallest absolute Gasteiger partial charge is 0.00381 e. The maximum atomic E-state index is 2.67. The van der Waals surface area contributed by atoms with Crippen LogP contribution in [0.15, 0.2) is 23.3 Å². The van der Waals surface area contributed by atoms with Gasteiger partial charge in [0.25, 0.3) is 0 Å². The predicted octanol–water partition coefficient (Wildman–Crippen LogP) is 6.46. The molecule has 3 rings (SSSR count). The minimum absolute atomic E-state index is 0.489. The minimum Gasteiger partial charge on any atom is -0.303 e. The van der Waals surface area contributed by atoms with Crippen LogP contribution < -0.4 is 0 Å². The van der Waals surface area contributed by atoms with Crippen LogP contribution in [0.2, 0.25) is 0 Å². The van der Waals surface area contributed by atoms with Crippen molar-refractivity contribution in [2.45, 2.75) is 80.1 Å². The maximum Gasteiger partial charge on any atom is 0.00381 e. The first kappa shape index (κ1) is 19.2. The van der Waals surface area contributed by atoms with Crippen LogP contribution in [-0.2, 0) is 0 Å². The number of nitrogens with zero attached hydrogens (tertiary/aromatic N) is 1. The molecule has 0 amide bonds. The summed E-state index contributed by atoms with van der Waals surface area (Å²) in [5.41, 5.74) is 4.39. The van der Waals surface area contributed by atoms with Gasteiger partial charge >= 0.3 is 0 Å². The molecule has 142 valence electrons. The SMILES string of the molecule is CCN(CC)C[C@]1(C)CCC[C@]2(C)C3CCC(C(C)C)=CC3=CCC12. The number of fused-ring (bicyclic) bond motifs is 3. The first-order valence-corrected chi connectivity index (χ1v) is 11.0. The van der Waals surface area contributed by atoms with Crippen molar-refractivity contribution in [2.75, 3.05) is 19.6 Å². The van der Waals surface area contributed by atoms with E-state index in [1.165, 1.54) is 58.2 Å². The molecule has 1 saturated carbocycles. The lowest BCUT2D eigenvalue weighted by Crippen LogP contribution is -2.53. The quantitative estimate of drug-likeness (QED) is 0.553. The summed E-state index contributed by atoms with van der Waals surface area (Å²) in [5.74, 6) is 2.38. The third-order valence-corrected chi connectivity index (χ3v) is 8.18. The molecule has 25 heavy (non-hydrogen) atoms. The van der Waals surface area contributed by atoms with Crippen molar-refractivity contribution >= 4 is 0 Å². The molecule has 0 heterocycles. The van der Waals surface area contributed by atoms with E-state index in [1.54, 1.807) is 11.1 Å². The Kier molecular flexibility index (Phi) is 5.55. The molecule has 1 fully saturated rings. The van der Waals surface area contributed by atoms with Gasteiger partial charge in [0.2, 0.25) is 0 Å². The molecule has 0 saturated heterocycles. The third kappa shape index (κ3) is 3.38. The van der Waals surface area contributed by atoms with Crippen molar-refractivity contribution in [3.8, 4) is 0 Å². The van der Waals surface area contributed by atoms with Crippen LogP contribution >= 0.6 is 0 Å². The average molecular weight is 344 g/mol. The van der Waals surface area contributed by atoms with Gasteiger partial charge in [-0.25, -0.2) is 0 Å². The Hall–Kier alpha value is -0.560. The van der Waals surface area contributed by atoms with E-state index in [4.69, 9.17) is 0 Å². The van der Waals surface area contributed by atoms with Crippen molar-refractivity contribution < 1.29 is 0 Å². The minimum atomic E-state index is 0.489. The average Bonchev–Trinajstić information content (AvgIpc) is 2.59. The van der Waals surface area contributed by atoms with E-state index < -0.39 is 0 Å². The Morgan fingerprint density at radius 3 is 2.52 bits per heavy atom. The standard InChI is InChI=1S/C24H41N/c1-7-25(8-2)17-23(5)14-9-15-24(6)21-12-10-19(18(3)4)16-20(21)11-13-22(23)24/h11,16,18,21-22H,7-10,12-15,17H2,1-6H3/t21?,22?,23-,24+/m0/s1. The largest absolute Gasteiger partial charge is 0.303 e. The van der Waals surface area contributed by atoms with Gasteiger partial charge in [-0.15, -0.1) is 0 Å². The molecule has 2 unspecified atom stereocenters. The topological polar surface area (TPSA) is 3.24 Å². The second kappa shape index (κ2) is 7.22. The van der Waals surface area contributed by atoms with Crippen LogP contribution in [0.4, 0.5) is 0 Å². The van der Waals surface area contributed by atoms with Crippen molar-refractivity contribution in [1.29, 1.82) is 0 Å². The monoisotopic (exact) mass is 343 g/mol.